The summed E-state index contributed by atoms with van der Waals surface area (Å²) in [5.74, 6) is 0.498. The fourth-order valence-electron chi connectivity index (χ4n) is 2.38. The lowest BCUT2D eigenvalue weighted by molar-refractivity contribution is 0.0433. The maximum Gasteiger partial charge on any atom is 0.344 e. The van der Waals surface area contributed by atoms with Gasteiger partial charge in [-0.05, 0) is 19.1 Å². The summed E-state index contributed by atoms with van der Waals surface area (Å²) in [5, 5.41) is 8.47. The standard InChI is InChI=1S/C18H17ClN2O4/c1-10(2)17-16(11(3)20-25-17)18(22)23-9-14-8-15(21-24-14)12-4-6-13(19)7-5-12/h4-8,10H,9H2,1-3H3. The lowest BCUT2D eigenvalue weighted by Gasteiger charge is -2.04. The number of ether oxygens (including phenoxy) is 1. The molecule has 0 amide bonds. The third-order valence-electron chi connectivity index (χ3n) is 3.66. The number of benzene rings is 1. The van der Waals surface area contributed by atoms with Crippen molar-refractivity contribution in [3.05, 3.63) is 58.1 Å². The van der Waals surface area contributed by atoms with Gasteiger partial charge in [0.15, 0.2) is 18.1 Å². The molecule has 3 rings (SSSR count). The molecule has 0 radical (unpaired) electrons. The second kappa shape index (κ2) is 7.11. The van der Waals surface area contributed by atoms with Crippen molar-refractivity contribution in [2.75, 3.05) is 0 Å². The lowest BCUT2D eigenvalue weighted by Crippen LogP contribution is -2.08. The average Bonchev–Trinajstić information content (AvgIpc) is 3.20. The minimum Gasteiger partial charge on any atom is -0.454 e. The predicted octanol–water partition coefficient (Wildman–Crippen LogP) is 4.77. The normalized spacial score (nSPS) is 11.1. The molecule has 0 saturated heterocycles. The Kier molecular flexibility index (Phi) is 4.90. The lowest BCUT2D eigenvalue weighted by atomic mass is 10.1. The van der Waals surface area contributed by atoms with Crippen molar-refractivity contribution in [3.8, 4) is 11.3 Å². The first-order valence-corrected chi connectivity index (χ1v) is 8.18. The molecule has 0 bridgehead atoms. The van der Waals surface area contributed by atoms with Crippen molar-refractivity contribution in [2.24, 2.45) is 0 Å². The number of aryl methyl sites for hydroxylation is 1. The maximum atomic E-state index is 12.3. The molecular formula is C18H17ClN2O4. The fourth-order valence-corrected chi connectivity index (χ4v) is 2.50. The van der Waals surface area contributed by atoms with Gasteiger partial charge in [-0.2, -0.15) is 0 Å². The maximum absolute atomic E-state index is 12.3. The first-order valence-electron chi connectivity index (χ1n) is 7.80. The van der Waals surface area contributed by atoms with E-state index in [2.05, 4.69) is 10.3 Å². The zero-order valence-electron chi connectivity index (χ0n) is 14.1. The smallest absolute Gasteiger partial charge is 0.344 e. The van der Waals surface area contributed by atoms with Crippen LogP contribution in [0.1, 0.15) is 47.3 Å². The summed E-state index contributed by atoms with van der Waals surface area (Å²) in [7, 11) is 0. The Balaban J connectivity index is 1.69. The highest BCUT2D eigenvalue weighted by Crippen LogP contribution is 2.24. The number of carbonyl (C=O) groups excluding carboxylic acids is 1. The van der Waals surface area contributed by atoms with E-state index in [0.717, 1.165) is 5.56 Å². The molecule has 25 heavy (non-hydrogen) atoms. The van der Waals surface area contributed by atoms with E-state index in [1.54, 1.807) is 25.1 Å². The zero-order chi connectivity index (χ0) is 18.0. The predicted molar refractivity (Wildman–Crippen MR) is 91.4 cm³/mol. The van der Waals surface area contributed by atoms with E-state index in [4.69, 9.17) is 25.4 Å². The topological polar surface area (TPSA) is 78.4 Å². The Morgan fingerprint density at radius 1 is 1.20 bits per heavy atom. The molecule has 0 N–H and O–H groups in total. The number of aromatic nitrogens is 2. The number of esters is 1. The average molecular weight is 361 g/mol. The van der Waals surface area contributed by atoms with Crippen LogP contribution in [0.25, 0.3) is 11.3 Å². The number of hydrogen-bond acceptors (Lipinski definition) is 6. The van der Waals surface area contributed by atoms with Gasteiger partial charge in [0.05, 0.1) is 5.69 Å². The molecule has 0 saturated carbocycles. The Morgan fingerprint density at radius 3 is 2.60 bits per heavy atom. The van der Waals surface area contributed by atoms with E-state index >= 15 is 0 Å². The van der Waals surface area contributed by atoms with Gasteiger partial charge in [-0.15, -0.1) is 0 Å². The van der Waals surface area contributed by atoms with Crippen LogP contribution in [0.15, 0.2) is 39.4 Å². The second-order valence-electron chi connectivity index (χ2n) is 5.92. The minimum atomic E-state index is -0.494. The molecule has 0 fully saturated rings. The highest BCUT2D eigenvalue weighted by atomic mass is 35.5. The number of carbonyl (C=O) groups is 1. The summed E-state index contributed by atoms with van der Waals surface area (Å²) >= 11 is 5.87. The molecule has 0 spiro atoms. The van der Waals surface area contributed by atoms with Gasteiger partial charge in [-0.25, -0.2) is 4.79 Å². The van der Waals surface area contributed by atoms with E-state index in [1.165, 1.54) is 0 Å². The van der Waals surface area contributed by atoms with Crippen LogP contribution in [0.2, 0.25) is 5.02 Å². The fraction of sp³-hybridized carbons (Fsp3) is 0.278. The molecule has 6 nitrogen and oxygen atoms in total. The molecule has 7 heteroatoms. The molecule has 130 valence electrons. The van der Waals surface area contributed by atoms with Crippen molar-refractivity contribution in [1.29, 1.82) is 0 Å². The van der Waals surface area contributed by atoms with Crippen LogP contribution in [0.5, 0.6) is 0 Å². The third-order valence-corrected chi connectivity index (χ3v) is 3.91. The van der Waals surface area contributed by atoms with Gasteiger partial charge in [-0.3, -0.25) is 0 Å². The van der Waals surface area contributed by atoms with E-state index in [9.17, 15) is 4.79 Å². The monoisotopic (exact) mass is 360 g/mol. The van der Waals surface area contributed by atoms with Gasteiger partial charge in [-0.1, -0.05) is 47.9 Å². The number of hydrogen-bond donors (Lipinski definition) is 0. The van der Waals surface area contributed by atoms with E-state index in [-0.39, 0.29) is 12.5 Å². The van der Waals surface area contributed by atoms with Gasteiger partial charge in [0.2, 0.25) is 0 Å². The quantitative estimate of drug-likeness (QED) is 0.610. The summed E-state index contributed by atoms with van der Waals surface area (Å²) in [6.45, 7) is 5.53. The molecular weight excluding hydrogens is 344 g/mol. The van der Waals surface area contributed by atoms with E-state index < -0.39 is 5.97 Å². The van der Waals surface area contributed by atoms with Crippen molar-refractivity contribution in [2.45, 2.75) is 33.3 Å². The van der Waals surface area contributed by atoms with E-state index in [1.807, 2.05) is 26.0 Å². The van der Waals surface area contributed by atoms with Crippen molar-refractivity contribution in [3.63, 3.8) is 0 Å². The molecule has 0 atom stereocenters. The molecule has 0 aliphatic heterocycles. The molecule has 0 aliphatic rings. The van der Waals surface area contributed by atoms with Gasteiger partial charge in [0.25, 0.3) is 0 Å². The van der Waals surface area contributed by atoms with Crippen molar-refractivity contribution in [1.82, 2.24) is 10.3 Å². The largest absolute Gasteiger partial charge is 0.454 e. The Morgan fingerprint density at radius 2 is 1.92 bits per heavy atom. The molecule has 2 aromatic heterocycles. The summed E-state index contributed by atoms with van der Waals surface area (Å²) in [6, 6.07) is 8.94. The number of halogens is 1. The Labute approximate surface area is 149 Å². The molecule has 1 aromatic carbocycles. The Bertz CT molecular complexity index is 881. The van der Waals surface area contributed by atoms with Crippen molar-refractivity contribution < 1.29 is 18.6 Å². The molecule has 2 heterocycles. The molecule has 0 unspecified atom stereocenters. The summed E-state index contributed by atoms with van der Waals surface area (Å²) < 4.78 is 15.7. The second-order valence-corrected chi connectivity index (χ2v) is 6.36. The van der Waals surface area contributed by atoms with Crippen LogP contribution in [0.3, 0.4) is 0 Å². The summed E-state index contributed by atoms with van der Waals surface area (Å²) in [5.41, 5.74) is 2.38. The van der Waals surface area contributed by atoms with Crippen molar-refractivity contribution >= 4 is 17.6 Å². The van der Waals surface area contributed by atoms with Crippen LogP contribution in [-0.2, 0) is 11.3 Å². The SMILES string of the molecule is Cc1noc(C(C)C)c1C(=O)OCc1cc(-c2ccc(Cl)cc2)no1. The Hall–Kier alpha value is -2.60. The minimum absolute atomic E-state index is 0.0262. The third kappa shape index (κ3) is 3.74. The van der Waals surface area contributed by atoms with Gasteiger partial charge in [0, 0.05) is 22.6 Å². The molecule has 0 aliphatic carbocycles. The van der Waals surface area contributed by atoms with Crippen LogP contribution in [-0.4, -0.2) is 16.3 Å². The highest BCUT2D eigenvalue weighted by molar-refractivity contribution is 6.30. The summed E-state index contributed by atoms with van der Waals surface area (Å²) in [4.78, 5) is 12.3. The first kappa shape index (κ1) is 17.2. The number of rotatable bonds is 5. The van der Waals surface area contributed by atoms with Crippen LogP contribution in [0.4, 0.5) is 0 Å². The van der Waals surface area contributed by atoms with Gasteiger partial charge >= 0.3 is 5.97 Å². The number of nitrogens with zero attached hydrogens (tertiary/aromatic N) is 2. The van der Waals surface area contributed by atoms with Crippen LogP contribution in [0, 0.1) is 6.92 Å². The molecule has 3 aromatic rings. The highest BCUT2D eigenvalue weighted by Gasteiger charge is 2.24. The van der Waals surface area contributed by atoms with E-state index in [0.29, 0.717) is 33.5 Å². The van der Waals surface area contributed by atoms with Gasteiger partial charge in [0.1, 0.15) is 11.3 Å². The van der Waals surface area contributed by atoms with Crippen LogP contribution >= 0.6 is 11.6 Å². The first-order chi connectivity index (χ1) is 12.0. The van der Waals surface area contributed by atoms with Gasteiger partial charge < -0.3 is 13.8 Å². The van der Waals surface area contributed by atoms with Crippen LogP contribution < -0.4 is 0 Å². The summed E-state index contributed by atoms with van der Waals surface area (Å²) in [6.07, 6.45) is 0. The zero-order valence-corrected chi connectivity index (χ0v) is 14.8.